The van der Waals surface area contributed by atoms with Crippen LogP contribution in [0.15, 0.2) is 15.9 Å². The van der Waals surface area contributed by atoms with Crippen LogP contribution in [-0.2, 0) is 6.42 Å². The molecule has 0 aliphatic heterocycles. The SMILES string of the molecule is CC(C)(C)CC(Cc1ccc(Br)s1)NN. The van der Waals surface area contributed by atoms with Gasteiger partial charge in [-0.25, -0.2) is 0 Å². The second kappa shape index (κ2) is 5.43. The molecule has 0 radical (unpaired) electrons. The average Bonchev–Trinajstić information content (AvgIpc) is 2.47. The zero-order chi connectivity index (χ0) is 11.5. The van der Waals surface area contributed by atoms with Gasteiger partial charge >= 0.3 is 0 Å². The Bertz CT molecular complexity index is 304. The predicted octanol–water partition coefficient (Wildman–Crippen LogP) is 3.32. The fourth-order valence-corrected chi connectivity index (χ4v) is 3.20. The largest absolute Gasteiger partial charge is 0.271 e. The molecule has 0 saturated heterocycles. The van der Waals surface area contributed by atoms with Gasteiger partial charge in [-0.1, -0.05) is 20.8 Å². The maximum Gasteiger partial charge on any atom is 0.0701 e. The second-order valence-corrected chi connectivity index (χ2v) is 7.59. The molecule has 1 heterocycles. The first-order valence-corrected chi connectivity index (χ1v) is 6.72. The van der Waals surface area contributed by atoms with Gasteiger partial charge in [-0.05, 0) is 46.3 Å². The maximum atomic E-state index is 5.58. The van der Waals surface area contributed by atoms with Crippen LogP contribution in [-0.4, -0.2) is 6.04 Å². The van der Waals surface area contributed by atoms with Crippen LogP contribution in [0.3, 0.4) is 0 Å². The van der Waals surface area contributed by atoms with E-state index in [9.17, 15) is 0 Å². The van der Waals surface area contributed by atoms with Crippen LogP contribution in [0.5, 0.6) is 0 Å². The van der Waals surface area contributed by atoms with Gasteiger partial charge in [-0.3, -0.25) is 11.3 Å². The van der Waals surface area contributed by atoms with E-state index in [-0.39, 0.29) is 0 Å². The lowest BCUT2D eigenvalue weighted by Crippen LogP contribution is -2.39. The Balaban J connectivity index is 2.54. The molecule has 86 valence electrons. The number of halogens is 1. The Labute approximate surface area is 104 Å². The monoisotopic (exact) mass is 290 g/mol. The number of hydrogen-bond donors (Lipinski definition) is 2. The molecule has 0 spiro atoms. The van der Waals surface area contributed by atoms with E-state index in [1.165, 1.54) is 8.66 Å². The summed E-state index contributed by atoms with van der Waals surface area (Å²) in [5, 5.41) is 0. The minimum absolute atomic E-state index is 0.311. The van der Waals surface area contributed by atoms with E-state index in [0.29, 0.717) is 11.5 Å². The third kappa shape index (κ3) is 5.11. The third-order valence-corrected chi connectivity index (χ3v) is 3.82. The van der Waals surface area contributed by atoms with Crippen molar-refractivity contribution in [3.05, 3.63) is 20.8 Å². The molecule has 15 heavy (non-hydrogen) atoms. The second-order valence-electron chi connectivity index (χ2n) is 5.04. The van der Waals surface area contributed by atoms with Crippen molar-refractivity contribution < 1.29 is 0 Å². The zero-order valence-electron chi connectivity index (χ0n) is 9.51. The molecule has 0 amide bonds. The lowest BCUT2D eigenvalue weighted by atomic mass is 9.87. The lowest BCUT2D eigenvalue weighted by Gasteiger charge is -2.25. The summed E-state index contributed by atoms with van der Waals surface area (Å²) in [6, 6.07) is 4.60. The van der Waals surface area contributed by atoms with Gasteiger partial charge in [0.05, 0.1) is 3.79 Å². The summed E-state index contributed by atoms with van der Waals surface area (Å²) in [4.78, 5) is 1.37. The van der Waals surface area contributed by atoms with Crippen molar-refractivity contribution in [2.75, 3.05) is 0 Å². The van der Waals surface area contributed by atoms with Gasteiger partial charge in [-0.15, -0.1) is 11.3 Å². The van der Waals surface area contributed by atoms with Crippen LogP contribution in [0.2, 0.25) is 0 Å². The van der Waals surface area contributed by atoms with Crippen molar-refractivity contribution in [2.45, 2.75) is 39.7 Å². The van der Waals surface area contributed by atoms with Gasteiger partial charge in [0, 0.05) is 10.9 Å². The van der Waals surface area contributed by atoms with Crippen LogP contribution < -0.4 is 11.3 Å². The molecule has 1 atom stereocenters. The number of hydrogen-bond acceptors (Lipinski definition) is 3. The first kappa shape index (κ1) is 13.2. The summed E-state index contributed by atoms with van der Waals surface area (Å²) in [5.74, 6) is 5.58. The Morgan fingerprint density at radius 2 is 2.13 bits per heavy atom. The maximum absolute atomic E-state index is 5.58. The number of nitrogens with one attached hydrogen (secondary N) is 1. The Hall–Kier alpha value is 0.1000. The number of thiophene rings is 1. The first-order valence-electron chi connectivity index (χ1n) is 5.11. The summed E-state index contributed by atoms with van der Waals surface area (Å²) in [5.41, 5.74) is 3.22. The van der Waals surface area contributed by atoms with E-state index in [4.69, 9.17) is 5.84 Å². The molecule has 3 N–H and O–H groups in total. The van der Waals surface area contributed by atoms with Gasteiger partial charge in [0.25, 0.3) is 0 Å². The normalized spacial score (nSPS) is 14.2. The zero-order valence-corrected chi connectivity index (χ0v) is 11.9. The molecule has 2 nitrogen and oxygen atoms in total. The van der Waals surface area contributed by atoms with Crippen molar-refractivity contribution in [1.82, 2.24) is 5.43 Å². The summed E-state index contributed by atoms with van der Waals surface area (Å²) in [6.45, 7) is 6.71. The molecule has 1 unspecified atom stereocenters. The highest BCUT2D eigenvalue weighted by Gasteiger charge is 2.18. The van der Waals surface area contributed by atoms with E-state index in [2.05, 4.69) is 54.3 Å². The van der Waals surface area contributed by atoms with Gasteiger partial charge in [0.2, 0.25) is 0 Å². The van der Waals surface area contributed by atoms with Crippen molar-refractivity contribution in [3.63, 3.8) is 0 Å². The molecule has 0 fully saturated rings. The van der Waals surface area contributed by atoms with Gasteiger partial charge in [0.15, 0.2) is 0 Å². The smallest absolute Gasteiger partial charge is 0.0701 e. The van der Waals surface area contributed by atoms with Crippen molar-refractivity contribution in [3.8, 4) is 0 Å². The number of hydrazine groups is 1. The molecule has 1 rings (SSSR count). The Morgan fingerprint density at radius 3 is 2.53 bits per heavy atom. The van der Waals surface area contributed by atoms with Gasteiger partial charge < -0.3 is 0 Å². The molecule has 0 aliphatic carbocycles. The lowest BCUT2D eigenvalue weighted by molar-refractivity contribution is 0.309. The Kier molecular flexibility index (Phi) is 4.77. The molecule has 0 aliphatic rings. The highest BCUT2D eigenvalue weighted by Crippen LogP contribution is 2.26. The highest BCUT2D eigenvalue weighted by atomic mass is 79.9. The van der Waals surface area contributed by atoms with Crippen molar-refractivity contribution in [2.24, 2.45) is 11.3 Å². The minimum atomic E-state index is 0.311. The van der Waals surface area contributed by atoms with E-state index in [1.807, 2.05) is 0 Å². The summed E-state index contributed by atoms with van der Waals surface area (Å²) >= 11 is 5.25. The molecule has 4 heteroatoms. The molecule has 0 saturated carbocycles. The van der Waals surface area contributed by atoms with Gasteiger partial charge in [0.1, 0.15) is 0 Å². The van der Waals surface area contributed by atoms with Crippen LogP contribution in [0.1, 0.15) is 32.1 Å². The van der Waals surface area contributed by atoms with Crippen LogP contribution >= 0.6 is 27.3 Å². The number of nitrogens with two attached hydrogens (primary N) is 1. The van der Waals surface area contributed by atoms with Crippen LogP contribution in [0, 0.1) is 5.41 Å². The van der Waals surface area contributed by atoms with Crippen LogP contribution in [0.25, 0.3) is 0 Å². The third-order valence-electron chi connectivity index (χ3n) is 2.17. The van der Waals surface area contributed by atoms with E-state index >= 15 is 0 Å². The van der Waals surface area contributed by atoms with E-state index in [1.54, 1.807) is 11.3 Å². The molecule has 1 aromatic heterocycles. The fraction of sp³-hybridized carbons (Fsp3) is 0.636. The van der Waals surface area contributed by atoms with Gasteiger partial charge in [-0.2, -0.15) is 0 Å². The molecule has 0 bridgehead atoms. The summed E-state index contributed by atoms with van der Waals surface area (Å²) in [7, 11) is 0. The fourth-order valence-electron chi connectivity index (χ4n) is 1.63. The molecule has 0 aromatic carbocycles. The number of rotatable bonds is 4. The first-order chi connectivity index (χ1) is 6.90. The summed E-state index contributed by atoms with van der Waals surface area (Å²) < 4.78 is 1.18. The van der Waals surface area contributed by atoms with E-state index < -0.39 is 0 Å². The molecular formula is C11H19BrN2S. The van der Waals surface area contributed by atoms with Crippen molar-refractivity contribution >= 4 is 27.3 Å². The molecule has 1 aromatic rings. The van der Waals surface area contributed by atoms with Crippen molar-refractivity contribution in [1.29, 1.82) is 0 Å². The van der Waals surface area contributed by atoms with Crippen LogP contribution in [0.4, 0.5) is 0 Å². The Morgan fingerprint density at radius 1 is 1.47 bits per heavy atom. The molecular weight excluding hydrogens is 272 g/mol. The van der Waals surface area contributed by atoms with E-state index in [0.717, 1.165) is 12.8 Å². The summed E-state index contributed by atoms with van der Waals surface area (Å²) in [6.07, 6.45) is 2.09. The quantitative estimate of drug-likeness (QED) is 0.659. The average molecular weight is 291 g/mol. The minimum Gasteiger partial charge on any atom is -0.271 e. The topological polar surface area (TPSA) is 38.0 Å². The highest BCUT2D eigenvalue weighted by molar-refractivity contribution is 9.11. The predicted molar refractivity (Wildman–Crippen MR) is 70.9 cm³/mol. The standard InChI is InChI=1S/C11H19BrN2S/c1-11(2,3)7-8(14-13)6-9-4-5-10(12)15-9/h4-5,8,14H,6-7,13H2,1-3H3.